The van der Waals surface area contributed by atoms with E-state index in [9.17, 15) is 14.7 Å². The maximum Gasteiger partial charge on any atom is 0.411 e. The molecule has 0 aliphatic carbocycles. The normalized spacial score (nSPS) is 28.3. The van der Waals surface area contributed by atoms with Gasteiger partial charge >= 0.3 is 12.1 Å². The third kappa shape index (κ3) is 2.93. The highest BCUT2D eigenvalue weighted by Crippen LogP contribution is 2.34. The van der Waals surface area contributed by atoms with E-state index in [-0.39, 0.29) is 5.92 Å². The van der Waals surface area contributed by atoms with Crippen molar-refractivity contribution in [2.75, 3.05) is 13.1 Å². The molecule has 1 saturated heterocycles. The Balaban J connectivity index is 2.91. The summed E-state index contributed by atoms with van der Waals surface area (Å²) in [6.07, 6.45) is -0.235. The van der Waals surface area contributed by atoms with E-state index in [0.29, 0.717) is 19.5 Å². The van der Waals surface area contributed by atoms with E-state index < -0.39 is 23.2 Å². The van der Waals surface area contributed by atoms with Crippen molar-refractivity contribution in [2.45, 2.75) is 45.3 Å². The summed E-state index contributed by atoms with van der Waals surface area (Å²) in [7, 11) is 0. The van der Waals surface area contributed by atoms with Crippen molar-refractivity contribution < 1.29 is 19.4 Å². The molecule has 1 amide bonds. The van der Waals surface area contributed by atoms with Gasteiger partial charge < -0.3 is 15.6 Å². The van der Waals surface area contributed by atoms with Crippen LogP contribution in [0.1, 0.15) is 34.1 Å². The standard InChI is InChI=1S/C12H22N2O4/c1-11(2,3)18-10(17)14-7-8(6-13)5-12(14,4)9(15)16/h8H,5-7,13H2,1-4H3,(H,15,16)/t8-,12+/m1/s1. The van der Waals surface area contributed by atoms with Crippen molar-refractivity contribution in [2.24, 2.45) is 11.7 Å². The zero-order chi connectivity index (χ0) is 14.1. The number of hydrogen-bond donors (Lipinski definition) is 2. The van der Waals surface area contributed by atoms with Crippen LogP contribution in [0.2, 0.25) is 0 Å². The highest BCUT2D eigenvalue weighted by molar-refractivity contribution is 5.84. The number of likely N-dealkylation sites (tertiary alicyclic amines) is 1. The first-order chi connectivity index (χ1) is 8.10. The zero-order valence-electron chi connectivity index (χ0n) is 11.4. The molecule has 0 radical (unpaired) electrons. The molecule has 0 spiro atoms. The lowest BCUT2D eigenvalue weighted by Gasteiger charge is -2.32. The second kappa shape index (κ2) is 4.76. The smallest absolute Gasteiger partial charge is 0.411 e. The molecule has 0 aromatic carbocycles. The Morgan fingerprint density at radius 2 is 2.06 bits per heavy atom. The second-order valence-corrected chi connectivity index (χ2v) is 5.98. The SMILES string of the molecule is CC(C)(C)OC(=O)N1C[C@@H](CN)C[C@@]1(C)C(=O)O. The summed E-state index contributed by atoms with van der Waals surface area (Å²) in [6.45, 7) is 7.48. The Kier molecular flexibility index (Phi) is 3.90. The zero-order valence-corrected chi connectivity index (χ0v) is 11.4. The largest absolute Gasteiger partial charge is 0.480 e. The number of nitrogens with two attached hydrogens (primary N) is 1. The monoisotopic (exact) mass is 258 g/mol. The molecule has 0 saturated carbocycles. The summed E-state index contributed by atoms with van der Waals surface area (Å²) in [5.41, 5.74) is 3.70. The fourth-order valence-corrected chi connectivity index (χ4v) is 2.15. The maximum atomic E-state index is 12.0. The number of carboxylic acid groups (broad SMARTS) is 1. The minimum Gasteiger partial charge on any atom is -0.480 e. The molecule has 1 aliphatic heterocycles. The van der Waals surface area contributed by atoms with Crippen molar-refractivity contribution in [3.05, 3.63) is 0 Å². The van der Waals surface area contributed by atoms with Crippen molar-refractivity contribution in [3.8, 4) is 0 Å². The quantitative estimate of drug-likeness (QED) is 0.772. The average Bonchev–Trinajstić information content (AvgIpc) is 2.54. The van der Waals surface area contributed by atoms with Gasteiger partial charge in [-0.3, -0.25) is 4.90 Å². The van der Waals surface area contributed by atoms with Crippen LogP contribution in [-0.4, -0.2) is 46.3 Å². The molecular weight excluding hydrogens is 236 g/mol. The van der Waals surface area contributed by atoms with Crippen LogP contribution in [0.3, 0.4) is 0 Å². The third-order valence-corrected chi connectivity index (χ3v) is 3.13. The maximum absolute atomic E-state index is 12.0. The molecule has 6 nitrogen and oxygen atoms in total. The summed E-state index contributed by atoms with van der Waals surface area (Å²) >= 11 is 0. The molecule has 1 fully saturated rings. The number of rotatable bonds is 2. The number of nitrogens with zero attached hydrogens (tertiary/aromatic N) is 1. The highest BCUT2D eigenvalue weighted by Gasteiger charge is 2.50. The van der Waals surface area contributed by atoms with E-state index in [0.717, 1.165) is 0 Å². The summed E-state index contributed by atoms with van der Waals surface area (Å²) < 4.78 is 5.24. The van der Waals surface area contributed by atoms with Crippen LogP contribution in [0.25, 0.3) is 0 Å². The van der Waals surface area contributed by atoms with Gasteiger partial charge in [0.15, 0.2) is 0 Å². The molecule has 0 unspecified atom stereocenters. The van der Waals surface area contributed by atoms with Crippen LogP contribution >= 0.6 is 0 Å². The molecule has 6 heteroatoms. The van der Waals surface area contributed by atoms with Crippen LogP contribution in [0.15, 0.2) is 0 Å². The van der Waals surface area contributed by atoms with Gasteiger partial charge in [-0.1, -0.05) is 0 Å². The lowest BCUT2D eigenvalue weighted by atomic mass is 9.94. The minimum absolute atomic E-state index is 0.00128. The molecule has 1 heterocycles. The third-order valence-electron chi connectivity index (χ3n) is 3.13. The lowest BCUT2D eigenvalue weighted by Crippen LogP contribution is -2.52. The molecular formula is C12H22N2O4. The first-order valence-electron chi connectivity index (χ1n) is 6.04. The van der Waals surface area contributed by atoms with Crippen LogP contribution < -0.4 is 5.73 Å². The number of carbonyl (C=O) groups excluding carboxylic acids is 1. The van der Waals surface area contributed by atoms with Gasteiger partial charge in [0.05, 0.1) is 0 Å². The molecule has 1 rings (SSSR count). The number of carboxylic acids is 1. The van der Waals surface area contributed by atoms with Gasteiger partial charge in [-0.05, 0) is 46.6 Å². The van der Waals surface area contributed by atoms with Gasteiger partial charge in [0, 0.05) is 6.54 Å². The van der Waals surface area contributed by atoms with Crippen molar-refractivity contribution in [1.82, 2.24) is 4.90 Å². The van der Waals surface area contributed by atoms with E-state index in [1.165, 1.54) is 11.8 Å². The summed E-state index contributed by atoms with van der Waals surface area (Å²) in [4.78, 5) is 24.7. The van der Waals surface area contributed by atoms with Crippen molar-refractivity contribution in [3.63, 3.8) is 0 Å². The van der Waals surface area contributed by atoms with Crippen molar-refractivity contribution >= 4 is 12.1 Å². The molecule has 0 bridgehead atoms. The average molecular weight is 258 g/mol. The number of hydrogen-bond acceptors (Lipinski definition) is 4. The van der Waals surface area contributed by atoms with Crippen LogP contribution in [-0.2, 0) is 9.53 Å². The van der Waals surface area contributed by atoms with Gasteiger partial charge in [-0.25, -0.2) is 9.59 Å². The first-order valence-corrected chi connectivity index (χ1v) is 6.04. The first kappa shape index (κ1) is 14.8. The van der Waals surface area contributed by atoms with Crippen LogP contribution in [0.5, 0.6) is 0 Å². The van der Waals surface area contributed by atoms with E-state index in [1.807, 2.05) is 0 Å². The Morgan fingerprint density at radius 3 is 2.44 bits per heavy atom. The summed E-state index contributed by atoms with van der Waals surface area (Å²) in [5.74, 6) is -1.03. The Hall–Kier alpha value is -1.30. The molecule has 18 heavy (non-hydrogen) atoms. The van der Waals surface area contributed by atoms with Gasteiger partial charge in [-0.15, -0.1) is 0 Å². The van der Waals surface area contributed by atoms with E-state index in [4.69, 9.17) is 10.5 Å². The Bertz CT molecular complexity index is 350. The fraction of sp³-hybridized carbons (Fsp3) is 0.833. The molecule has 1 aliphatic rings. The molecule has 0 aromatic rings. The fourth-order valence-electron chi connectivity index (χ4n) is 2.15. The van der Waals surface area contributed by atoms with Crippen molar-refractivity contribution in [1.29, 1.82) is 0 Å². The predicted octanol–water partition coefficient (Wildman–Crippen LogP) is 1.05. The second-order valence-electron chi connectivity index (χ2n) is 5.98. The Labute approximate surface area is 107 Å². The van der Waals surface area contributed by atoms with E-state index in [1.54, 1.807) is 20.8 Å². The number of amides is 1. The predicted molar refractivity (Wildman–Crippen MR) is 66.1 cm³/mol. The van der Waals surface area contributed by atoms with E-state index in [2.05, 4.69) is 0 Å². The summed E-state index contributed by atoms with van der Waals surface area (Å²) in [6, 6.07) is 0. The lowest BCUT2D eigenvalue weighted by molar-refractivity contribution is -0.148. The van der Waals surface area contributed by atoms with Gasteiger partial charge in [-0.2, -0.15) is 0 Å². The summed E-state index contributed by atoms with van der Waals surface area (Å²) in [5, 5.41) is 9.31. The van der Waals surface area contributed by atoms with Crippen LogP contribution in [0.4, 0.5) is 4.79 Å². The minimum atomic E-state index is -1.23. The molecule has 2 atom stereocenters. The number of ether oxygens (including phenoxy) is 1. The van der Waals surface area contributed by atoms with Gasteiger partial charge in [0.2, 0.25) is 0 Å². The number of aliphatic carboxylic acids is 1. The Morgan fingerprint density at radius 1 is 1.50 bits per heavy atom. The molecule has 0 aromatic heterocycles. The molecule has 3 N–H and O–H groups in total. The van der Waals surface area contributed by atoms with Gasteiger partial charge in [0.25, 0.3) is 0 Å². The highest BCUT2D eigenvalue weighted by atomic mass is 16.6. The van der Waals surface area contributed by atoms with Crippen LogP contribution in [0, 0.1) is 5.92 Å². The topological polar surface area (TPSA) is 92.9 Å². The molecule has 104 valence electrons. The number of carbonyl (C=O) groups is 2. The van der Waals surface area contributed by atoms with E-state index >= 15 is 0 Å². The van der Waals surface area contributed by atoms with Gasteiger partial charge in [0.1, 0.15) is 11.1 Å².